The minimum atomic E-state index is -0.456. The summed E-state index contributed by atoms with van der Waals surface area (Å²) >= 11 is 3.34. The predicted octanol–water partition coefficient (Wildman–Crippen LogP) is 3.22. The van der Waals surface area contributed by atoms with Gasteiger partial charge in [-0.3, -0.25) is 0 Å². The fraction of sp³-hybridized carbons (Fsp3) is 0.571. The normalized spacial score (nSPS) is 16.9. The topological polar surface area (TPSA) is 32.7 Å². The summed E-state index contributed by atoms with van der Waals surface area (Å²) in [6.07, 6.45) is -0.456. The van der Waals surface area contributed by atoms with E-state index in [1.54, 1.807) is 0 Å². The lowest BCUT2D eigenvalue weighted by molar-refractivity contribution is 0.140. The Morgan fingerprint density at radius 3 is 2.33 bits per heavy atom. The molecule has 1 aliphatic heterocycles. The molecule has 102 valence electrons. The average Bonchev–Trinajstić information content (AvgIpc) is 2.76. The number of hydrogen-bond acceptors (Lipinski definition) is 3. The van der Waals surface area contributed by atoms with Gasteiger partial charge < -0.3 is 14.7 Å². The number of aliphatic hydroxyl groups excluding tert-OH is 1. The summed E-state index contributed by atoms with van der Waals surface area (Å²) in [6, 6.07) is 5.66. The maximum Gasteiger partial charge on any atom is 0.139 e. The van der Waals surface area contributed by atoms with E-state index in [1.807, 2.05) is 18.2 Å². The van der Waals surface area contributed by atoms with Crippen LogP contribution in [0.25, 0.3) is 0 Å². The first-order valence-corrected chi connectivity index (χ1v) is 7.24. The van der Waals surface area contributed by atoms with Crippen LogP contribution in [0.3, 0.4) is 0 Å². The number of rotatable bonds is 3. The third-order valence-electron chi connectivity index (χ3n) is 3.08. The van der Waals surface area contributed by atoms with Crippen LogP contribution in [0.4, 0.5) is 0 Å². The van der Waals surface area contributed by atoms with Crippen LogP contribution in [0.2, 0.25) is 0 Å². The summed E-state index contributed by atoms with van der Waals surface area (Å²) in [5.74, 6) is 0.778. The summed E-state index contributed by atoms with van der Waals surface area (Å²) in [5.41, 5.74) is 0.874. The standard InChI is InChI=1S/C8H7BrO2.C6H15N/c9-6-3-1-2-5-7(10)4-11-8(5)6;1-4-7(5-2)6-3/h1-3,7,10H,4H2;4-6H2,1-3H3. The van der Waals surface area contributed by atoms with Crippen molar-refractivity contribution in [3.63, 3.8) is 0 Å². The first-order valence-electron chi connectivity index (χ1n) is 6.45. The van der Waals surface area contributed by atoms with Crippen LogP contribution in [0.15, 0.2) is 22.7 Å². The van der Waals surface area contributed by atoms with Crippen molar-refractivity contribution >= 4 is 15.9 Å². The third kappa shape index (κ3) is 3.97. The largest absolute Gasteiger partial charge is 0.489 e. The molecule has 0 fully saturated rings. The van der Waals surface area contributed by atoms with Crippen molar-refractivity contribution in [2.45, 2.75) is 26.9 Å². The van der Waals surface area contributed by atoms with E-state index in [0.717, 1.165) is 15.8 Å². The number of hydrogen-bond donors (Lipinski definition) is 1. The molecule has 0 aliphatic carbocycles. The van der Waals surface area contributed by atoms with Crippen molar-refractivity contribution in [3.05, 3.63) is 28.2 Å². The Kier molecular flexibility index (Phi) is 6.68. The van der Waals surface area contributed by atoms with Crippen molar-refractivity contribution in [2.75, 3.05) is 26.2 Å². The van der Waals surface area contributed by atoms with E-state index in [2.05, 4.69) is 41.6 Å². The van der Waals surface area contributed by atoms with E-state index >= 15 is 0 Å². The van der Waals surface area contributed by atoms with Gasteiger partial charge in [-0.1, -0.05) is 32.9 Å². The zero-order chi connectivity index (χ0) is 13.5. The summed E-state index contributed by atoms with van der Waals surface area (Å²) in [5, 5.41) is 9.36. The number of ether oxygens (including phenoxy) is 1. The summed E-state index contributed by atoms with van der Waals surface area (Å²) in [7, 11) is 0. The van der Waals surface area contributed by atoms with Gasteiger partial charge >= 0.3 is 0 Å². The highest BCUT2D eigenvalue weighted by molar-refractivity contribution is 9.10. The zero-order valence-corrected chi connectivity index (χ0v) is 12.9. The lowest BCUT2D eigenvalue weighted by atomic mass is 10.1. The molecular formula is C14H22BrNO2. The van der Waals surface area contributed by atoms with Gasteiger partial charge in [-0.2, -0.15) is 0 Å². The molecule has 0 aromatic heterocycles. The third-order valence-corrected chi connectivity index (χ3v) is 3.71. The lowest BCUT2D eigenvalue weighted by Gasteiger charge is -2.13. The number of benzene rings is 1. The molecule has 1 unspecified atom stereocenters. The molecule has 18 heavy (non-hydrogen) atoms. The molecule has 0 spiro atoms. The summed E-state index contributed by atoms with van der Waals surface area (Å²) < 4.78 is 6.15. The molecule has 0 radical (unpaired) electrons. The Morgan fingerprint density at radius 2 is 1.89 bits per heavy atom. The quantitative estimate of drug-likeness (QED) is 0.929. The van der Waals surface area contributed by atoms with Crippen molar-refractivity contribution in [1.29, 1.82) is 0 Å². The van der Waals surface area contributed by atoms with E-state index in [-0.39, 0.29) is 0 Å². The Labute approximate surface area is 118 Å². The molecule has 0 saturated carbocycles. The lowest BCUT2D eigenvalue weighted by Crippen LogP contribution is -2.21. The molecule has 0 amide bonds. The van der Waals surface area contributed by atoms with E-state index < -0.39 is 6.10 Å². The van der Waals surface area contributed by atoms with Crippen LogP contribution < -0.4 is 4.74 Å². The Bertz CT molecular complexity index is 361. The van der Waals surface area contributed by atoms with Crippen LogP contribution in [0.1, 0.15) is 32.4 Å². The average molecular weight is 316 g/mol. The van der Waals surface area contributed by atoms with Gasteiger partial charge in [0, 0.05) is 5.56 Å². The van der Waals surface area contributed by atoms with Gasteiger partial charge in [0.15, 0.2) is 0 Å². The van der Waals surface area contributed by atoms with Gasteiger partial charge in [0.25, 0.3) is 0 Å². The van der Waals surface area contributed by atoms with Crippen molar-refractivity contribution in [3.8, 4) is 5.75 Å². The molecule has 1 atom stereocenters. The molecular weight excluding hydrogens is 294 g/mol. The first kappa shape index (κ1) is 15.5. The smallest absolute Gasteiger partial charge is 0.139 e. The van der Waals surface area contributed by atoms with E-state index in [0.29, 0.717) is 6.61 Å². The maximum atomic E-state index is 9.36. The number of para-hydroxylation sites is 1. The van der Waals surface area contributed by atoms with E-state index in [1.165, 1.54) is 19.6 Å². The van der Waals surface area contributed by atoms with Gasteiger partial charge in [0.1, 0.15) is 18.5 Å². The number of nitrogens with zero attached hydrogens (tertiary/aromatic N) is 1. The Hall–Kier alpha value is -0.580. The molecule has 1 aromatic carbocycles. The molecule has 1 aliphatic rings. The second-order valence-electron chi connectivity index (χ2n) is 4.10. The van der Waals surface area contributed by atoms with Gasteiger partial charge in [0.05, 0.1) is 4.47 Å². The maximum absolute atomic E-state index is 9.36. The fourth-order valence-electron chi connectivity index (χ4n) is 1.86. The van der Waals surface area contributed by atoms with Crippen LogP contribution in [0.5, 0.6) is 5.75 Å². The van der Waals surface area contributed by atoms with Crippen molar-refractivity contribution in [2.24, 2.45) is 0 Å². The Balaban J connectivity index is 0.000000203. The summed E-state index contributed by atoms with van der Waals surface area (Å²) in [6.45, 7) is 10.5. The van der Waals surface area contributed by atoms with Crippen molar-refractivity contribution < 1.29 is 9.84 Å². The molecule has 3 nitrogen and oxygen atoms in total. The van der Waals surface area contributed by atoms with Gasteiger partial charge in [-0.25, -0.2) is 0 Å². The van der Waals surface area contributed by atoms with E-state index in [4.69, 9.17) is 4.74 Å². The highest BCUT2D eigenvalue weighted by atomic mass is 79.9. The van der Waals surface area contributed by atoms with E-state index in [9.17, 15) is 5.11 Å². The van der Waals surface area contributed by atoms with Crippen LogP contribution in [-0.2, 0) is 0 Å². The number of halogens is 1. The molecule has 1 aromatic rings. The zero-order valence-electron chi connectivity index (χ0n) is 11.3. The van der Waals surface area contributed by atoms with Crippen LogP contribution in [0, 0.1) is 0 Å². The Morgan fingerprint density at radius 1 is 1.28 bits per heavy atom. The molecule has 1 N–H and O–H groups in total. The predicted molar refractivity (Wildman–Crippen MR) is 78.1 cm³/mol. The van der Waals surface area contributed by atoms with Gasteiger partial charge in [0.2, 0.25) is 0 Å². The highest BCUT2D eigenvalue weighted by Gasteiger charge is 2.22. The second-order valence-corrected chi connectivity index (χ2v) is 4.96. The number of aliphatic hydroxyl groups is 1. The molecule has 0 bridgehead atoms. The fourth-order valence-corrected chi connectivity index (χ4v) is 2.36. The van der Waals surface area contributed by atoms with Crippen LogP contribution in [-0.4, -0.2) is 36.2 Å². The van der Waals surface area contributed by atoms with Crippen LogP contribution >= 0.6 is 15.9 Å². The first-order chi connectivity index (χ1) is 8.63. The summed E-state index contributed by atoms with van der Waals surface area (Å²) in [4.78, 5) is 2.38. The van der Waals surface area contributed by atoms with Crippen molar-refractivity contribution in [1.82, 2.24) is 4.90 Å². The monoisotopic (exact) mass is 315 g/mol. The molecule has 2 rings (SSSR count). The van der Waals surface area contributed by atoms with Gasteiger partial charge in [-0.15, -0.1) is 0 Å². The molecule has 0 saturated heterocycles. The minimum Gasteiger partial charge on any atom is -0.489 e. The van der Waals surface area contributed by atoms with Gasteiger partial charge in [-0.05, 0) is 41.6 Å². The second kappa shape index (κ2) is 7.77. The molecule has 1 heterocycles. The minimum absolute atomic E-state index is 0.373. The molecule has 4 heteroatoms. The number of fused-ring (bicyclic) bond motifs is 1. The highest BCUT2D eigenvalue weighted by Crippen LogP contribution is 2.37. The SMILES string of the molecule is CCN(CC)CC.OC1COc2c(Br)cccc21.